The molecule has 1 aliphatic heterocycles. The molecule has 172 valence electrons. The highest BCUT2D eigenvalue weighted by Crippen LogP contribution is 2.39. The van der Waals surface area contributed by atoms with Gasteiger partial charge in [0.1, 0.15) is 11.6 Å². The highest BCUT2D eigenvalue weighted by molar-refractivity contribution is 6.02. The van der Waals surface area contributed by atoms with Crippen molar-refractivity contribution in [2.24, 2.45) is 11.5 Å². The van der Waals surface area contributed by atoms with Crippen molar-refractivity contribution in [3.63, 3.8) is 0 Å². The molecular weight excluding hydrogens is 434 g/mol. The van der Waals surface area contributed by atoms with Gasteiger partial charge in [0, 0.05) is 47.9 Å². The van der Waals surface area contributed by atoms with E-state index in [1.807, 2.05) is 24.3 Å². The maximum Gasteiger partial charge on any atom is 0.248 e. The van der Waals surface area contributed by atoms with E-state index in [1.165, 1.54) is 12.1 Å². The average molecular weight is 459 g/mol. The van der Waals surface area contributed by atoms with Crippen LogP contribution in [0.25, 0.3) is 33.2 Å². The molecule has 0 spiro atoms. The Bertz CT molecular complexity index is 1380. The molecule has 1 aliphatic rings. The lowest BCUT2D eigenvalue weighted by Gasteiger charge is -2.34. The molecule has 0 radical (unpaired) electrons. The number of amides is 1. The highest BCUT2D eigenvalue weighted by Gasteiger charge is 2.23. The Morgan fingerprint density at radius 3 is 2.32 bits per heavy atom. The van der Waals surface area contributed by atoms with Crippen LogP contribution in [0, 0.1) is 11.6 Å². The second-order valence-corrected chi connectivity index (χ2v) is 8.68. The highest BCUT2D eigenvalue weighted by atomic mass is 19.1. The molecule has 4 N–H and O–H groups in total. The Labute approximate surface area is 196 Å². The van der Waals surface area contributed by atoms with Crippen LogP contribution < -0.4 is 16.4 Å². The molecule has 4 aromatic rings. The van der Waals surface area contributed by atoms with Gasteiger partial charge >= 0.3 is 0 Å². The molecule has 34 heavy (non-hydrogen) atoms. The van der Waals surface area contributed by atoms with Crippen molar-refractivity contribution in [1.82, 2.24) is 4.98 Å². The molecule has 0 bridgehead atoms. The number of fused-ring (bicyclic) bond motifs is 1. The van der Waals surface area contributed by atoms with E-state index in [0.717, 1.165) is 59.7 Å². The molecule has 0 saturated carbocycles. The van der Waals surface area contributed by atoms with Crippen LogP contribution in [-0.2, 0) is 0 Å². The minimum atomic E-state index is -0.640. The summed E-state index contributed by atoms with van der Waals surface area (Å²) in [5.74, 6) is -1.78. The second-order valence-electron chi connectivity index (χ2n) is 8.68. The fourth-order valence-electron chi connectivity index (χ4n) is 4.59. The minimum absolute atomic E-state index is 0.131. The number of nitrogens with two attached hydrogens (primary N) is 2. The van der Waals surface area contributed by atoms with Crippen molar-refractivity contribution in [2.45, 2.75) is 18.9 Å². The quantitative estimate of drug-likeness (QED) is 0.457. The molecule has 5 rings (SSSR count). The fourth-order valence-corrected chi connectivity index (χ4v) is 4.59. The number of anilines is 1. The lowest BCUT2D eigenvalue weighted by molar-refractivity contribution is 0.100. The van der Waals surface area contributed by atoms with Crippen molar-refractivity contribution >= 4 is 22.5 Å². The standard InChI is InChI=1S/C27H24F2N4O/c28-20-11-19(12-21(29)14-20)24-15-32-25-5-4-17(16-2-1-3-18(10-16)27(31)34)13-23(25)26(24)33-8-6-22(30)7-9-33/h1-5,10-15,22H,6-9,30H2,(H2,31,34). The van der Waals surface area contributed by atoms with Crippen LogP contribution >= 0.6 is 0 Å². The fraction of sp³-hybridized carbons (Fsp3) is 0.185. The van der Waals surface area contributed by atoms with Crippen LogP contribution in [0.15, 0.2) is 66.9 Å². The number of pyridine rings is 1. The Morgan fingerprint density at radius 1 is 0.912 bits per heavy atom. The first-order valence-electron chi connectivity index (χ1n) is 11.2. The summed E-state index contributed by atoms with van der Waals surface area (Å²) in [5.41, 5.74) is 16.5. The zero-order chi connectivity index (χ0) is 23.8. The predicted octanol–water partition coefficient (Wildman–Crippen LogP) is 4.87. The number of aromatic nitrogens is 1. The average Bonchev–Trinajstić information content (AvgIpc) is 2.83. The van der Waals surface area contributed by atoms with Gasteiger partial charge in [-0.15, -0.1) is 0 Å². The first-order chi connectivity index (χ1) is 16.4. The SMILES string of the molecule is NC(=O)c1cccc(-c2ccc3ncc(-c4cc(F)cc(F)c4)c(N4CCC(N)CC4)c3c2)c1. The van der Waals surface area contributed by atoms with E-state index in [1.54, 1.807) is 24.4 Å². The summed E-state index contributed by atoms with van der Waals surface area (Å²) >= 11 is 0. The van der Waals surface area contributed by atoms with Gasteiger partial charge in [-0.25, -0.2) is 8.78 Å². The molecule has 7 heteroatoms. The number of hydrogen-bond donors (Lipinski definition) is 2. The molecule has 1 amide bonds. The molecule has 5 nitrogen and oxygen atoms in total. The predicted molar refractivity (Wildman–Crippen MR) is 130 cm³/mol. The second kappa shape index (κ2) is 8.83. The van der Waals surface area contributed by atoms with Crippen LogP contribution in [0.1, 0.15) is 23.2 Å². The molecule has 3 aromatic carbocycles. The molecule has 0 aliphatic carbocycles. The third-order valence-corrected chi connectivity index (χ3v) is 6.35. The van der Waals surface area contributed by atoms with E-state index in [4.69, 9.17) is 11.5 Å². The van der Waals surface area contributed by atoms with Gasteiger partial charge in [-0.05, 0) is 65.9 Å². The van der Waals surface area contributed by atoms with E-state index in [9.17, 15) is 13.6 Å². The summed E-state index contributed by atoms with van der Waals surface area (Å²) in [6, 6.07) is 16.6. The molecule has 1 aromatic heterocycles. The molecular formula is C27H24F2N4O. The summed E-state index contributed by atoms with van der Waals surface area (Å²) in [6.45, 7) is 1.46. The molecule has 1 saturated heterocycles. The van der Waals surface area contributed by atoms with Gasteiger partial charge in [0.05, 0.1) is 11.2 Å². The Morgan fingerprint density at radius 2 is 1.62 bits per heavy atom. The maximum atomic E-state index is 14.1. The van der Waals surface area contributed by atoms with Gasteiger partial charge in [-0.3, -0.25) is 9.78 Å². The number of piperidine rings is 1. The number of carbonyl (C=O) groups is 1. The van der Waals surface area contributed by atoms with Crippen LogP contribution in [-0.4, -0.2) is 30.0 Å². The van der Waals surface area contributed by atoms with Gasteiger partial charge in [-0.2, -0.15) is 0 Å². The van der Waals surface area contributed by atoms with Crippen LogP contribution in [0.2, 0.25) is 0 Å². The molecule has 1 fully saturated rings. The number of halogens is 2. The third-order valence-electron chi connectivity index (χ3n) is 6.35. The third kappa shape index (κ3) is 4.22. The summed E-state index contributed by atoms with van der Waals surface area (Å²) in [7, 11) is 0. The topological polar surface area (TPSA) is 85.2 Å². The van der Waals surface area contributed by atoms with Gasteiger partial charge in [0.15, 0.2) is 0 Å². The number of primary amides is 1. The summed E-state index contributed by atoms with van der Waals surface area (Å²) < 4.78 is 28.2. The van der Waals surface area contributed by atoms with E-state index < -0.39 is 17.5 Å². The monoisotopic (exact) mass is 458 g/mol. The van der Waals surface area contributed by atoms with Gasteiger partial charge < -0.3 is 16.4 Å². The van der Waals surface area contributed by atoms with Gasteiger partial charge in [0.25, 0.3) is 0 Å². The minimum Gasteiger partial charge on any atom is -0.370 e. The zero-order valence-electron chi connectivity index (χ0n) is 18.5. The molecule has 0 atom stereocenters. The van der Waals surface area contributed by atoms with Crippen molar-refractivity contribution in [3.8, 4) is 22.3 Å². The smallest absolute Gasteiger partial charge is 0.248 e. The number of carbonyl (C=O) groups excluding carboxylic acids is 1. The largest absolute Gasteiger partial charge is 0.370 e. The van der Waals surface area contributed by atoms with E-state index >= 15 is 0 Å². The summed E-state index contributed by atoms with van der Waals surface area (Å²) in [5, 5.41) is 0.861. The number of hydrogen-bond acceptors (Lipinski definition) is 4. The molecule has 2 heterocycles. The lowest BCUT2D eigenvalue weighted by atomic mass is 9.95. The lowest BCUT2D eigenvalue weighted by Crippen LogP contribution is -2.40. The van der Waals surface area contributed by atoms with E-state index in [2.05, 4.69) is 9.88 Å². The number of rotatable bonds is 4. The van der Waals surface area contributed by atoms with Gasteiger partial charge in [0.2, 0.25) is 5.91 Å². The van der Waals surface area contributed by atoms with Crippen molar-refractivity contribution in [1.29, 1.82) is 0 Å². The summed E-state index contributed by atoms with van der Waals surface area (Å²) in [6.07, 6.45) is 3.32. The van der Waals surface area contributed by atoms with Gasteiger partial charge in [-0.1, -0.05) is 18.2 Å². The van der Waals surface area contributed by atoms with Crippen LogP contribution in [0.4, 0.5) is 14.5 Å². The Kier molecular flexibility index (Phi) is 5.71. The van der Waals surface area contributed by atoms with Crippen LogP contribution in [0.5, 0.6) is 0 Å². The molecule has 0 unspecified atom stereocenters. The van der Waals surface area contributed by atoms with E-state index in [0.29, 0.717) is 16.7 Å². The summed E-state index contributed by atoms with van der Waals surface area (Å²) in [4.78, 5) is 18.5. The Balaban J connectivity index is 1.73. The normalized spacial score (nSPS) is 14.5. The van der Waals surface area contributed by atoms with Crippen molar-refractivity contribution < 1.29 is 13.6 Å². The van der Waals surface area contributed by atoms with Crippen molar-refractivity contribution in [2.75, 3.05) is 18.0 Å². The first kappa shape index (κ1) is 22.0. The Hall–Kier alpha value is -3.84. The zero-order valence-corrected chi connectivity index (χ0v) is 18.5. The van der Waals surface area contributed by atoms with Crippen molar-refractivity contribution in [3.05, 3.63) is 84.1 Å². The van der Waals surface area contributed by atoms with Crippen LogP contribution in [0.3, 0.4) is 0 Å². The number of nitrogens with zero attached hydrogens (tertiary/aromatic N) is 2. The first-order valence-corrected chi connectivity index (χ1v) is 11.2. The number of benzene rings is 3. The van der Waals surface area contributed by atoms with E-state index in [-0.39, 0.29) is 6.04 Å². The maximum absolute atomic E-state index is 14.1.